The topological polar surface area (TPSA) is 77.1 Å². The van der Waals surface area contributed by atoms with Crippen LogP contribution in [0, 0.1) is 5.92 Å². The highest BCUT2D eigenvalue weighted by Gasteiger charge is 2.51. The molecule has 2 aliphatic rings. The fraction of sp³-hybridized carbons (Fsp3) is 0.407. The molecule has 10 heteroatoms. The summed E-state index contributed by atoms with van der Waals surface area (Å²) in [5.74, 6) is 0.334. The number of ether oxygens (including phenoxy) is 3. The number of benzene rings is 2. The molecule has 1 aliphatic heterocycles. The van der Waals surface area contributed by atoms with Crippen molar-refractivity contribution in [3.05, 3.63) is 65.7 Å². The van der Waals surface area contributed by atoms with Crippen molar-refractivity contribution in [2.45, 2.75) is 51.1 Å². The van der Waals surface area contributed by atoms with E-state index in [-0.39, 0.29) is 17.7 Å². The van der Waals surface area contributed by atoms with E-state index in [1.54, 1.807) is 12.1 Å². The van der Waals surface area contributed by atoms with Gasteiger partial charge in [0.2, 0.25) is 5.60 Å². The summed E-state index contributed by atoms with van der Waals surface area (Å²) in [7, 11) is 1.33. The SMILES string of the molecule is COC(=O)C=C(C1CC1)C1CN(Cc2ccccc2)c2cc(NC(=O)OC(C)(C)C(F)(F)F)ccc2O1. The zero-order valence-corrected chi connectivity index (χ0v) is 20.8. The van der Waals surface area contributed by atoms with Crippen LogP contribution in [0.15, 0.2) is 60.2 Å². The van der Waals surface area contributed by atoms with E-state index in [0.717, 1.165) is 37.8 Å². The van der Waals surface area contributed by atoms with E-state index in [1.807, 2.05) is 30.3 Å². The largest absolute Gasteiger partial charge is 0.482 e. The monoisotopic (exact) mass is 518 g/mol. The molecule has 1 atom stereocenters. The van der Waals surface area contributed by atoms with Crippen molar-refractivity contribution in [1.29, 1.82) is 0 Å². The highest BCUT2D eigenvalue weighted by atomic mass is 19.4. The molecule has 1 aliphatic carbocycles. The average molecular weight is 519 g/mol. The number of rotatable bonds is 7. The van der Waals surface area contributed by atoms with E-state index in [9.17, 15) is 22.8 Å². The van der Waals surface area contributed by atoms with Crippen molar-refractivity contribution in [1.82, 2.24) is 0 Å². The molecule has 0 aromatic heterocycles. The molecular formula is C27H29F3N2O5. The summed E-state index contributed by atoms with van der Waals surface area (Å²) in [6, 6.07) is 14.5. The Labute approximate surface area is 213 Å². The van der Waals surface area contributed by atoms with Gasteiger partial charge in [-0.25, -0.2) is 9.59 Å². The number of carbonyl (C=O) groups is 2. The van der Waals surface area contributed by atoms with Gasteiger partial charge in [0.15, 0.2) is 0 Å². The lowest BCUT2D eigenvalue weighted by molar-refractivity contribution is -0.242. The summed E-state index contributed by atoms with van der Waals surface area (Å²) in [5, 5.41) is 2.38. The number of methoxy groups -OCH3 is 1. The first-order valence-electron chi connectivity index (χ1n) is 11.9. The number of halogens is 3. The first kappa shape index (κ1) is 26.4. The first-order chi connectivity index (χ1) is 17.5. The third-order valence-corrected chi connectivity index (χ3v) is 6.35. The molecule has 37 heavy (non-hydrogen) atoms. The number of fused-ring (bicyclic) bond motifs is 1. The van der Waals surface area contributed by atoms with Crippen LogP contribution < -0.4 is 15.0 Å². The van der Waals surface area contributed by atoms with Crippen LogP contribution in [-0.4, -0.2) is 43.6 Å². The Bertz CT molecular complexity index is 1180. The van der Waals surface area contributed by atoms with E-state index >= 15 is 0 Å². The summed E-state index contributed by atoms with van der Waals surface area (Å²) >= 11 is 0. The lowest BCUT2D eigenvalue weighted by Crippen LogP contribution is -2.44. The number of hydrogen-bond acceptors (Lipinski definition) is 6. The van der Waals surface area contributed by atoms with Crippen molar-refractivity contribution in [3.63, 3.8) is 0 Å². The second-order valence-electron chi connectivity index (χ2n) is 9.62. The van der Waals surface area contributed by atoms with Crippen LogP contribution in [0.25, 0.3) is 0 Å². The van der Waals surface area contributed by atoms with Crippen LogP contribution in [0.3, 0.4) is 0 Å². The Morgan fingerprint density at radius 2 is 1.84 bits per heavy atom. The molecule has 2 aromatic carbocycles. The van der Waals surface area contributed by atoms with Gasteiger partial charge in [-0.2, -0.15) is 13.2 Å². The number of hydrogen-bond donors (Lipinski definition) is 1. The summed E-state index contributed by atoms with van der Waals surface area (Å²) in [6.45, 7) is 2.51. The van der Waals surface area contributed by atoms with Gasteiger partial charge in [0.25, 0.3) is 0 Å². The van der Waals surface area contributed by atoms with Crippen molar-refractivity contribution in [2.75, 3.05) is 23.9 Å². The molecule has 0 spiro atoms. The van der Waals surface area contributed by atoms with Gasteiger partial charge in [0, 0.05) is 18.3 Å². The number of esters is 1. The van der Waals surface area contributed by atoms with E-state index in [4.69, 9.17) is 9.47 Å². The van der Waals surface area contributed by atoms with Crippen LogP contribution in [0.1, 0.15) is 32.3 Å². The van der Waals surface area contributed by atoms with Crippen LogP contribution >= 0.6 is 0 Å². The van der Waals surface area contributed by atoms with Gasteiger partial charge in [-0.15, -0.1) is 0 Å². The van der Waals surface area contributed by atoms with Gasteiger partial charge in [-0.3, -0.25) is 5.32 Å². The molecule has 198 valence electrons. The minimum Gasteiger partial charge on any atom is -0.482 e. The van der Waals surface area contributed by atoms with E-state index < -0.39 is 23.8 Å². The van der Waals surface area contributed by atoms with Gasteiger partial charge in [-0.05, 0) is 61.9 Å². The third-order valence-electron chi connectivity index (χ3n) is 6.35. The Hall–Kier alpha value is -3.69. The third kappa shape index (κ3) is 6.36. The fourth-order valence-corrected chi connectivity index (χ4v) is 4.08. The van der Waals surface area contributed by atoms with Crippen LogP contribution in [0.5, 0.6) is 5.75 Å². The summed E-state index contributed by atoms with van der Waals surface area (Å²) in [6.07, 6.45) is -2.89. The molecule has 0 saturated heterocycles. The second kappa shape index (κ2) is 10.4. The van der Waals surface area contributed by atoms with Crippen molar-refractivity contribution >= 4 is 23.4 Å². The van der Waals surface area contributed by atoms with Crippen LogP contribution in [0.2, 0.25) is 0 Å². The number of carbonyl (C=O) groups excluding carboxylic acids is 2. The molecule has 1 amide bonds. The van der Waals surface area contributed by atoms with Crippen molar-refractivity contribution < 1.29 is 37.0 Å². The van der Waals surface area contributed by atoms with E-state index in [0.29, 0.717) is 24.5 Å². The van der Waals surface area contributed by atoms with Crippen molar-refractivity contribution in [3.8, 4) is 5.75 Å². The molecule has 1 unspecified atom stereocenters. The Kier molecular flexibility index (Phi) is 7.38. The Balaban J connectivity index is 1.61. The Morgan fingerprint density at radius 3 is 2.46 bits per heavy atom. The molecule has 2 aromatic rings. The molecule has 0 radical (unpaired) electrons. The van der Waals surface area contributed by atoms with E-state index in [2.05, 4.69) is 15.0 Å². The predicted molar refractivity (Wildman–Crippen MR) is 131 cm³/mol. The minimum atomic E-state index is -4.72. The molecule has 4 rings (SSSR count). The summed E-state index contributed by atoms with van der Waals surface area (Å²) < 4.78 is 55.1. The second-order valence-corrected chi connectivity index (χ2v) is 9.62. The van der Waals surface area contributed by atoms with Crippen molar-refractivity contribution in [2.24, 2.45) is 5.92 Å². The molecule has 7 nitrogen and oxygen atoms in total. The minimum absolute atomic E-state index is 0.247. The fourth-order valence-electron chi connectivity index (χ4n) is 4.08. The quantitative estimate of drug-likeness (QED) is 0.366. The van der Waals surface area contributed by atoms with Crippen LogP contribution in [-0.2, 0) is 20.8 Å². The lowest BCUT2D eigenvalue weighted by atomic mass is 10.0. The Morgan fingerprint density at radius 1 is 1.14 bits per heavy atom. The number of alkyl halides is 3. The summed E-state index contributed by atoms with van der Waals surface area (Å²) in [4.78, 5) is 26.3. The molecule has 1 fully saturated rings. The van der Waals surface area contributed by atoms with Crippen LogP contribution in [0.4, 0.5) is 29.3 Å². The molecule has 1 N–H and O–H groups in total. The number of anilines is 2. The maximum absolute atomic E-state index is 13.1. The maximum atomic E-state index is 13.1. The first-order valence-corrected chi connectivity index (χ1v) is 11.9. The number of nitrogens with one attached hydrogen (secondary N) is 1. The highest BCUT2D eigenvalue weighted by molar-refractivity contribution is 5.87. The molecule has 1 heterocycles. The standard InChI is InChI=1S/C27H29F3N2O5/c1-26(2,27(28,29)30)37-25(34)31-19-11-12-22-21(13-19)32(15-17-7-5-4-6-8-17)16-23(36-22)20(18-9-10-18)14-24(33)35-3/h4-8,11-14,18,23H,9-10,15-16H2,1-3H3,(H,31,34). The lowest BCUT2D eigenvalue weighted by Gasteiger charge is -2.38. The zero-order valence-electron chi connectivity index (χ0n) is 20.8. The maximum Gasteiger partial charge on any atom is 0.427 e. The van der Waals surface area contributed by atoms with E-state index in [1.165, 1.54) is 19.3 Å². The molecule has 1 saturated carbocycles. The summed E-state index contributed by atoms with van der Waals surface area (Å²) in [5.41, 5.74) is 0.168. The number of nitrogens with zero attached hydrogens (tertiary/aromatic N) is 1. The zero-order chi connectivity index (χ0) is 26.8. The van der Waals surface area contributed by atoms with Gasteiger partial charge in [-0.1, -0.05) is 30.3 Å². The van der Waals surface area contributed by atoms with Gasteiger partial charge < -0.3 is 19.1 Å². The normalized spacial score (nSPS) is 17.9. The van der Waals surface area contributed by atoms with Gasteiger partial charge in [0.05, 0.1) is 19.3 Å². The smallest absolute Gasteiger partial charge is 0.427 e. The number of amides is 1. The average Bonchev–Trinajstić information content (AvgIpc) is 3.67. The highest BCUT2D eigenvalue weighted by Crippen LogP contribution is 2.44. The van der Waals surface area contributed by atoms with Gasteiger partial charge >= 0.3 is 18.2 Å². The van der Waals surface area contributed by atoms with Gasteiger partial charge in [0.1, 0.15) is 11.9 Å². The predicted octanol–water partition coefficient (Wildman–Crippen LogP) is 5.85. The molecular weight excluding hydrogens is 489 g/mol. The molecule has 0 bridgehead atoms.